The van der Waals surface area contributed by atoms with Gasteiger partial charge in [-0.3, -0.25) is 0 Å². The minimum absolute atomic E-state index is 0.111. The molecule has 0 bridgehead atoms. The fourth-order valence-electron chi connectivity index (χ4n) is 1.93. The molecule has 0 aromatic heterocycles. The van der Waals surface area contributed by atoms with Crippen molar-refractivity contribution in [1.82, 2.24) is 0 Å². The van der Waals surface area contributed by atoms with Crippen LogP contribution < -0.4 is 5.73 Å². The third kappa shape index (κ3) is 3.85. The van der Waals surface area contributed by atoms with Crippen molar-refractivity contribution in [3.05, 3.63) is 41.0 Å². The van der Waals surface area contributed by atoms with Crippen LogP contribution in [0, 0.1) is 0 Å². The van der Waals surface area contributed by atoms with Crippen LogP contribution in [0.4, 0.5) is 0 Å². The summed E-state index contributed by atoms with van der Waals surface area (Å²) < 4.78 is 10.1. The molecule has 0 saturated heterocycles. The van der Waals surface area contributed by atoms with Crippen LogP contribution in [0.1, 0.15) is 40.1 Å². The van der Waals surface area contributed by atoms with Gasteiger partial charge in [0.25, 0.3) is 0 Å². The number of nitrogens with two attached hydrogens (primary N) is 1. The summed E-state index contributed by atoms with van der Waals surface area (Å²) in [6.07, 6.45) is 1.89. The molecule has 1 aromatic rings. The van der Waals surface area contributed by atoms with Crippen LogP contribution >= 0.6 is 21.6 Å². The molecule has 22 heavy (non-hydrogen) atoms. The third-order valence-electron chi connectivity index (χ3n) is 2.86. The Kier molecular flexibility index (Phi) is 5.93. The van der Waals surface area contributed by atoms with Crippen molar-refractivity contribution in [1.29, 1.82) is 0 Å². The van der Waals surface area contributed by atoms with E-state index in [1.807, 2.05) is 6.08 Å². The molecule has 5 nitrogen and oxygen atoms in total. The molecular formula is C15H17NO4S2. The Bertz CT molecular complexity index is 616. The molecule has 0 saturated carbocycles. The first kappa shape index (κ1) is 16.9. The quantitative estimate of drug-likeness (QED) is 0.652. The molecule has 0 fully saturated rings. The topological polar surface area (TPSA) is 78.6 Å². The highest BCUT2D eigenvalue weighted by Crippen LogP contribution is 2.46. The lowest BCUT2D eigenvalue weighted by Gasteiger charge is -2.11. The molecule has 0 radical (unpaired) electrons. The second-order valence-corrected chi connectivity index (χ2v) is 6.80. The zero-order valence-corrected chi connectivity index (χ0v) is 14.0. The summed E-state index contributed by atoms with van der Waals surface area (Å²) in [4.78, 5) is 24.9. The maximum absolute atomic E-state index is 12.2. The van der Waals surface area contributed by atoms with E-state index in [1.165, 1.54) is 27.7 Å². The number of hydrogen-bond acceptors (Lipinski definition) is 7. The van der Waals surface area contributed by atoms with Gasteiger partial charge in [0.2, 0.25) is 0 Å². The third-order valence-corrected chi connectivity index (χ3v) is 5.34. The van der Waals surface area contributed by atoms with E-state index < -0.39 is 11.9 Å². The standard InChI is InChI=1S/C15H17NO4S2/c1-3-19-14(17)9-5-6-10(12-8-13(16)22-21-12)11(7-9)15(18)20-4-2/h5-8,13H,3-4,16H2,1-2H3. The fourth-order valence-corrected chi connectivity index (χ4v) is 4.13. The highest BCUT2D eigenvalue weighted by Gasteiger charge is 2.23. The molecule has 1 aromatic carbocycles. The normalized spacial score (nSPS) is 17.0. The van der Waals surface area contributed by atoms with Crippen LogP contribution in [0.15, 0.2) is 24.3 Å². The Hall–Kier alpha value is -1.44. The Morgan fingerprint density at radius 1 is 1.18 bits per heavy atom. The van der Waals surface area contributed by atoms with Crippen LogP contribution in [0.25, 0.3) is 4.91 Å². The highest BCUT2D eigenvalue weighted by molar-refractivity contribution is 8.80. The van der Waals surface area contributed by atoms with Crippen molar-refractivity contribution < 1.29 is 19.1 Å². The highest BCUT2D eigenvalue weighted by atomic mass is 33.1. The minimum Gasteiger partial charge on any atom is -0.462 e. The summed E-state index contributed by atoms with van der Waals surface area (Å²) in [5.41, 5.74) is 7.24. The van der Waals surface area contributed by atoms with Crippen molar-refractivity contribution >= 4 is 38.4 Å². The molecule has 1 aliphatic rings. The van der Waals surface area contributed by atoms with Gasteiger partial charge in [0.1, 0.15) is 0 Å². The SMILES string of the molecule is CCOC(=O)c1ccc(C2=CC(N)SS2)c(C(=O)OCC)c1. The fraction of sp³-hybridized carbons (Fsp3) is 0.333. The predicted molar refractivity (Wildman–Crippen MR) is 89.5 cm³/mol. The number of ether oxygens (including phenoxy) is 2. The van der Waals surface area contributed by atoms with E-state index >= 15 is 0 Å². The summed E-state index contributed by atoms with van der Waals surface area (Å²) in [5.74, 6) is -0.922. The van der Waals surface area contributed by atoms with Gasteiger partial charge in [-0.2, -0.15) is 0 Å². The maximum Gasteiger partial charge on any atom is 0.338 e. The van der Waals surface area contributed by atoms with Crippen molar-refractivity contribution in [3.63, 3.8) is 0 Å². The van der Waals surface area contributed by atoms with E-state index in [0.29, 0.717) is 11.1 Å². The number of esters is 2. The van der Waals surface area contributed by atoms with E-state index in [1.54, 1.807) is 26.0 Å². The van der Waals surface area contributed by atoms with Gasteiger partial charge in [0.15, 0.2) is 0 Å². The molecule has 7 heteroatoms. The summed E-state index contributed by atoms with van der Waals surface area (Å²) in [6.45, 7) is 4.02. The van der Waals surface area contributed by atoms with Gasteiger partial charge in [-0.25, -0.2) is 9.59 Å². The van der Waals surface area contributed by atoms with E-state index in [2.05, 4.69) is 0 Å². The average Bonchev–Trinajstić information content (AvgIpc) is 2.93. The predicted octanol–water partition coefficient (Wildman–Crippen LogP) is 3.06. The lowest BCUT2D eigenvalue weighted by molar-refractivity contribution is 0.0525. The van der Waals surface area contributed by atoms with Gasteiger partial charge in [-0.05, 0) is 32.1 Å². The molecule has 0 spiro atoms. The van der Waals surface area contributed by atoms with E-state index in [0.717, 1.165) is 10.5 Å². The van der Waals surface area contributed by atoms with Gasteiger partial charge >= 0.3 is 11.9 Å². The molecule has 0 aliphatic carbocycles. The van der Waals surface area contributed by atoms with Crippen LogP contribution in [-0.4, -0.2) is 30.5 Å². The molecule has 1 unspecified atom stereocenters. The van der Waals surface area contributed by atoms with E-state index in [9.17, 15) is 9.59 Å². The van der Waals surface area contributed by atoms with Gasteiger partial charge in [0, 0.05) is 10.5 Å². The molecule has 2 N–H and O–H groups in total. The zero-order valence-electron chi connectivity index (χ0n) is 12.3. The monoisotopic (exact) mass is 339 g/mol. The lowest BCUT2D eigenvalue weighted by atomic mass is 10.0. The summed E-state index contributed by atoms with van der Waals surface area (Å²) in [7, 11) is 3.02. The zero-order chi connectivity index (χ0) is 16.1. The van der Waals surface area contributed by atoms with Crippen molar-refractivity contribution in [3.8, 4) is 0 Å². The minimum atomic E-state index is -0.462. The van der Waals surface area contributed by atoms with Crippen LogP contribution in [0.2, 0.25) is 0 Å². The molecule has 1 atom stereocenters. The van der Waals surface area contributed by atoms with E-state index in [-0.39, 0.29) is 18.6 Å². The van der Waals surface area contributed by atoms with Gasteiger partial charge in [0.05, 0.1) is 29.7 Å². The first-order chi connectivity index (χ1) is 10.6. The average molecular weight is 339 g/mol. The van der Waals surface area contributed by atoms with Crippen LogP contribution in [-0.2, 0) is 9.47 Å². The number of carbonyl (C=O) groups excluding carboxylic acids is 2. The number of carbonyl (C=O) groups is 2. The molecule has 118 valence electrons. The van der Waals surface area contributed by atoms with Gasteiger partial charge in [-0.15, -0.1) is 0 Å². The van der Waals surface area contributed by atoms with Gasteiger partial charge in [-0.1, -0.05) is 27.7 Å². The molecule has 0 amide bonds. The summed E-state index contributed by atoms with van der Waals surface area (Å²) >= 11 is 0. The number of hydrogen-bond donors (Lipinski definition) is 1. The van der Waals surface area contributed by atoms with Crippen LogP contribution in [0.5, 0.6) is 0 Å². The summed E-state index contributed by atoms with van der Waals surface area (Å²) in [6, 6.07) is 4.89. The van der Waals surface area contributed by atoms with E-state index in [4.69, 9.17) is 15.2 Å². The molecule has 2 rings (SSSR count). The molecular weight excluding hydrogens is 322 g/mol. The number of benzene rings is 1. The smallest absolute Gasteiger partial charge is 0.338 e. The molecule has 1 heterocycles. The second kappa shape index (κ2) is 7.71. The van der Waals surface area contributed by atoms with Crippen molar-refractivity contribution in [2.45, 2.75) is 19.2 Å². The first-order valence-electron chi connectivity index (χ1n) is 6.86. The Labute approximate surface area is 137 Å². The van der Waals surface area contributed by atoms with Crippen LogP contribution in [0.3, 0.4) is 0 Å². The lowest BCUT2D eigenvalue weighted by Crippen LogP contribution is -2.11. The Balaban J connectivity index is 2.42. The Morgan fingerprint density at radius 3 is 2.45 bits per heavy atom. The number of rotatable bonds is 5. The Morgan fingerprint density at radius 2 is 1.86 bits per heavy atom. The molecule has 1 aliphatic heterocycles. The summed E-state index contributed by atoms with van der Waals surface area (Å²) in [5, 5.41) is -0.111. The second-order valence-electron chi connectivity index (χ2n) is 4.38. The maximum atomic E-state index is 12.2. The van der Waals surface area contributed by atoms with Gasteiger partial charge < -0.3 is 15.2 Å². The van der Waals surface area contributed by atoms with Crippen molar-refractivity contribution in [2.24, 2.45) is 5.73 Å². The first-order valence-corrected chi connectivity index (χ1v) is 9.07. The largest absolute Gasteiger partial charge is 0.462 e. The van der Waals surface area contributed by atoms with Crippen molar-refractivity contribution in [2.75, 3.05) is 13.2 Å².